The molecule has 120 valence electrons. The Balaban J connectivity index is 3.80. The molecule has 0 aromatic carbocycles. The molecule has 0 aliphatic carbocycles. The van der Waals surface area contributed by atoms with Crippen molar-refractivity contribution in [2.24, 2.45) is 0 Å². The topological polar surface area (TPSA) is 29.1 Å². The molecule has 0 aromatic heterocycles. The summed E-state index contributed by atoms with van der Waals surface area (Å²) in [6, 6.07) is 0. The van der Waals surface area contributed by atoms with Gasteiger partial charge >= 0.3 is 0 Å². The molecule has 0 saturated heterocycles. The Kier molecular flexibility index (Phi) is 11.8. The lowest BCUT2D eigenvalue weighted by Crippen LogP contribution is -2.60. The standard InChI is InChI=1S/C17H36N2O/c1-5-9-10-11-12-13-14-15-17(20)18-19(7-3,8-4)16-6-2/h5-16H2,1-4H3/p+1. The van der Waals surface area contributed by atoms with E-state index in [9.17, 15) is 4.79 Å². The largest absolute Gasteiger partial charge is 0.270 e. The second-order valence-electron chi connectivity index (χ2n) is 5.91. The van der Waals surface area contributed by atoms with Crippen LogP contribution >= 0.6 is 0 Å². The van der Waals surface area contributed by atoms with Crippen LogP contribution in [0.25, 0.3) is 0 Å². The van der Waals surface area contributed by atoms with E-state index in [4.69, 9.17) is 0 Å². The van der Waals surface area contributed by atoms with Gasteiger partial charge in [0.2, 0.25) is 0 Å². The zero-order chi connectivity index (χ0) is 15.3. The molecule has 0 fully saturated rings. The zero-order valence-corrected chi connectivity index (χ0v) is 14.3. The Morgan fingerprint density at radius 1 is 0.800 bits per heavy atom. The Bertz CT molecular complexity index is 237. The first-order chi connectivity index (χ1) is 9.64. The minimum atomic E-state index is 0.232. The number of hydrogen-bond donors (Lipinski definition) is 1. The number of nitrogens with one attached hydrogen (secondary N) is 1. The van der Waals surface area contributed by atoms with Crippen LogP contribution in [0.3, 0.4) is 0 Å². The Hall–Kier alpha value is -0.570. The molecule has 0 atom stereocenters. The number of carbonyl (C=O) groups excluding carboxylic acids is 1. The molecule has 0 heterocycles. The third-order valence-electron chi connectivity index (χ3n) is 4.23. The van der Waals surface area contributed by atoms with E-state index in [-0.39, 0.29) is 5.91 Å². The smallest absolute Gasteiger partial charge is 0.264 e. The second kappa shape index (κ2) is 12.2. The molecule has 0 rings (SSSR count). The van der Waals surface area contributed by atoms with Gasteiger partial charge in [0.05, 0.1) is 13.1 Å². The highest BCUT2D eigenvalue weighted by Crippen LogP contribution is 2.09. The van der Waals surface area contributed by atoms with Gasteiger partial charge in [-0.05, 0) is 26.7 Å². The second-order valence-corrected chi connectivity index (χ2v) is 5.91. The maximum Gasteiger partial charge on any atom is 0.264 e. The van der Waals surface area contributed by atoms with Crippen LogP contribution < -0.4 is 5.43 Å². The van der Waals surface area contributed by atoms with Crippen molar-refractivity contribution in [2.75, 3.05) is 19.6 Å². The summed E-state index contributed by atoms with van der Waals surface area (Å²) < 4.78 is 0.742. The van der Waals surface area contributed by atoms with E-state index in [2.05, 4.69) is 33.1 Å². The van der Waals surface area contributed by atoms with Crippen molar-refractivity contribution in [2.45, 2.75) is 85.5 Å². The summed E-state index contributed by atoms with van der Waals surface area (Å²) in [6.45, 7) is 11.7. The Morgan fingerprint density at radius 2 is 1.35 bits per heavy atom. The monoisotopic (exact) mass is 285 g/mol. The van der Waals surface area contributed by atoms with Gasteiger partial charge in [-0.1, -0.05) is 52.4 Å². The van der Waals surface area contributed by atoms with E-state index < -0.39 is 0 Å². The number of quaternary nitrogens is 1. The van der Waals surface area contributed by atoms with Gasteiger partial charge in [0.15, 0.2) is 0 Å². The Morgan fingerprint density at radius 3 is 1.85 bits per heavy atom. The van der Waals surface area contributed by atoms with Crippen LogP contribution in [0, 0.1) is 0 Å². The first-order valence-corrected chi connectivity index (χ1v) is 8.81. The number of carbonyl (C=O) groups is 1. The van der Waals surface area contributed by atoms with E-state index in [1.165, 1.54) is 38.5 Å². The lowest BCUT2D eigenvalue weighted by molar-refractivity contribution is -0.958. The van der Waals surface area contributed by atoms with Gasteiger partial charge in [0.1, 0.15) is 6.54 Å². The van der Waals surface area contributed by atoms with Gasteiger partial charge in [0.25, 0.3) is 5.91 Å². The normalized spacial score (nSPS) is 11.6. The zero-order valence-electron chi connectivity index (χ0n) is 14.3. The van der Waals surface area contributed by atoms with E-state index in [1.54, 1.807) is 0 Å². The third kappa shape index (κ3) is 8.57. The summed E-state index contributed by atoms with van der Waals surface area (Å²) in [6.07, 6.45) is 10.7. The van der Waals surface area contributed by atoms with E-state index in [1.807, 2.05) is 0 Å². The number of rotatable bonds is 13. The summed E-state index contributed by atoms with van der Waals surface area (Å²) in [5, 5.41) is 0. The van der Waals surface area contributed by atoms with Crippen LogP contribution in [-0.2, 0) is 4.79 Å². The minimum absolute atomic E-state index is 0.232. The molecule has 0 radical (unpaired) electrons. The van der Waals surface area contributed by atoms with Crippen LogP contribution in [0.1, 0.15) is 85.5 Å². The molecule has 1 amide bonds. The molecule has 0 aliphatic heterocycles. The summed E-state index contributed by atoms with van der Waals surface area (Å²) in [4.78, 5) is 12.1. The lowest BCUT2D eigenvalue weighted by atomic mass is 10.1. The molecule has 0 unspecified atom stereocenters. The van der Waals surface area contributed by atoms with Crippen molar-refractivity contribution >= 4 is 5.91 Å². The minimum Gasteiger partial charge on any atom is -0.270 e. The van der Waals surface area contributed by atoms with Gasteiger partial charge in [-0.3, -0.25) is 4.79 Å². The average molecular weight is 285 g/mol. The molecule has 0 spiro atoms. The molecular weight excluding hydrogens is 248 g/mol. The van der Waals surface area contributed by atoms with Gasteiger partial charge in [0, 0.05) is 6.42 Å². The third-order valence-corrected chi connectivity index (χ3v) is 4.23. The summed E-state index contributed by atoms with van der Waals surface area (Å²) in [5.74, 6) is 0.232. The SMILES string of the molecule is CCCCCCCCCC(=O)N[N+](CC)(CC)CCC. The van der Waals surface area contributed by atoms with Gasteiger partial charge < -0.3 is 0 Å². The highest BCUT2D eigenvalue weighted by atomic mass is 16.2. The summed E-state index contributed by atoms with van der Waals surface area (Å²) >= 11 is 0. The summed E-state index contributed by atoms with van der Waals surface area (Å²) in [5.41, 5.74) is 3.24. The number of unbranched alkanes of at least 4 members (excludes halogenated alkanes) is 6. The lowest BCUT2D eigenvalue weighted by Gasteiger charge is -2.35. The Labute approximate surface area is 126 Å². The maximum atomic E-state index is 12.1. The highest BCUT2D eigenvalue weighted by Gasteiger charge is 2.24. The predicted octanol–water partition coefficient (Wildman–Crippen LogP) is 4.42. The van der Waals surface area contributed by atoms with Gasteiger partial charge in [-0.15, -0.1) is 0 Å². The molecule has 0 bridgehead atoms. The molecule has 0 aliphatic rings. The molecule has 0 aromatic rings. The first kappa shape index (κ1) is 19.4. The number of hydrogen-bond acceptors (Lipinski definition) is 1. The van der Waals surface area contributed by atoms with Gasteiger partial charge in [-0.2, -0.15) is 0 Å². The van der Waals surface area contributed by atoms with Crippen LogP contribution in [-0.4, -0.2) is 30.1 Å². The fourth-order valence-electron chi connectivity index (χ4n) is 2.74. The average Bonchev–Trinajstić information content (AvgIpc) is 2.45. The summed E-state index contributed by atoms with van der Waals surface area (Å²) in [7, 11) is 0. The molecular formula is C17H37N2O+. The molecule has 0 saturated carbocycles. The first-order valence-electron chi connectivity index (χ1n) is 8.81. The fourth-order valence-corrected chi connectivity index (χ4v) is 2.74. The van der Waals surface area contributed by atoms with E-state index >= 15 is 0 Å². The molecule has 3 heteroatoms. The van der Waals surface area contributed by atoms with Crippen molar-refractivity contribution < 1.29 is 9.39 Å². The van der Waals surface area contributed by atoms with Crippen LogP contribution in [0.15, 0.2) is 0 Å². The molecule has 20 heavy (non-hydrogen) atoms. The van der Waals surface area contributed by atoms with Crippen LogP contribution in [0.2, 0.25) is 0 Å². The van der Waals surface area contributed by atoms with E-state index in [0.29, 0.717) is 6.42 Å². The highest BCUT2D eigenvalue weighted by molar-refractivity contribution is 5.74. The van der Waals surface area contributed by atoms with Crippen LogP contribution in [0.5, 0.6) is 0 Å². The number of nitrogens with zero attached hydrogens (tertiary/aromatic N) is 1. The van der Waals surface area contributed by atoms with Crippen molar-refractivity contribution in [3.05, 3.63) is 0 Å². The predicted molar refractivity (Wildman–Crippen MR) is 87.3 cm³/mol. The van der Waals surface area contributed by atoms with Crippen LogP contribution in [0.4, 0.5) is 0 Å². The van der Waals surface area contributed by atoms with E-state index in [0.717, 1.165) is 37.1 Å². The fraction of sp³-hybridized carbons (Fsp3) is 0.941. The molecule has 1 N–H and O–H groups in total. The van der Waals surface area contributed by atoms with Crippen molar-refractivity contribution in [3.63, 3.8) is 0 Å². The number of amides is 1. The van der Waals surface area contributed by atoms with Crippen molar-refractivity contribution in [1.82, 2.24) is 5.43 Å². The molecule has 3 nitrogen and oxygen atoms in total. The van der Waals surface area contributed by atoms with Gasteiger partial charge in [-0.25, -0.2) is 10.0 Å². The maximum absolute atomic E-state index is 12.1. The quantitative estimate of drug-likeness (QED) is 0.303. The van der Waals surface area contributed by atoms with Crippen molar-refractivity contribution in [3.8, 4) is 0 Å². The van der Waals surface area contributed by atoms with Crippen molar-refractivity contribution in [1.29, 1.82) is 0 Å².